The van der Waals surface area contributed by atoms with E-state index in [1.54, 1.807) is 19.3 Å². The largest absolute Gasteiger partial charge is 0.493 e. The summed E-state index contributed by atoms with van der Waals surface area (Å²) in [5.41, 5.74) is 6.07. The van der Waals surface area contributed by atoms with Gasteiger partial charge in [-0.05, 0) is 17.7 Å². The number of methoxy groups -OCH3 is 1. The number of nitrogens with one attached hydrogen (secondary N) is 1. The fourth-order valence-corrected chi connectivity index (χ4v) is 1.41. The number of hydrogen-bond acceptors (Lipinski definition) is 4. The average Bonchev–Trinajstić information content (AvgIpc) is 2.37. The van der Waals surface area contributed by atoms with Crippen LogP contribution in [-0.4, -0.2) is 26.2 Å². The van der Waals surface area contributed by atoms with Crippen molar-refractivity contribution in [1.82, 2.24) is 5.32 Å². The van der Waals surface area contributed by atoms with Crippen LogP contribution in [0.3, 0.4) is 0 Å². The Bertz CT molecular complexity index is 424. The van der Waals surface area contributed by atoms with Gasteiger partial charge in [-0.3, -0.25) is 4.79 Å². The van der Waals surface area contributed by atoms with Gasteiger partial charge in [-0.1, -0.05) is 12.1 Å². The van der Waals surface area contributed by atoms with Gasteiger partial charge in [0, 0.05) is 13.1 Å². The number of nitrogens with two attached hydrogens (primary N) is 1. The molecule has 0 atom stereocenters. The summed E-state index contributed by atoms with van der Waals surface area (Å²) in [7, 11) is 1.55. The first kappa shape index (κ1) is 17.3. The first-order valence-corrected chi connectivity index (χ1v) is 5.57. The third-order valence-electron chi connectivity index (χ3n) is 2.22. The highest BCUT2D eigenvalue weighted by atomic mass is 35.5. The molecule has 0 spiro atoms. The fraction of sp³-hybridized carbons (Fsp3) is 0.308. The zero-order valence-electron chi connectivity index (χ0n) is 10.8. The van der Waals surface area contributed by atoms with Crippen LogP contribution in [0, 0.1) is 0 Å². The van der Waals surface area contributed by atoms with Crippen LogP contribution in [0.1, 0.15) is 5.56 Å². The zero-order valence-corrected chi connectivity index (χ0v) is 11.7. The molecule has 0 radical (unpaired) electrons. The Morgan fingerprint density at radius 1 is 1.47 bits per heavy atom. The average molecular weight is 287 g/mol. The van der Waals surface area contributed by atoms with Gasteiger partial charge in [0.1, 0.15) is 0 Å². The maximum Gasteiger partial charge on any atom is 0.255 e. The van der Waals surface area contributed by atoms with Crippen LogP contribution in [0.2, 0.25) is 0 Å². The maximum absolute atomic E-state index is 10.7. The third kappa shape index (κ3) is 6.13. The molecular weight excluding hydrogens is 268 g/mol. The first-order valence-electron chi connectivity index (χ1n) is 5.57. The monoisotopic (exact) mass is 286 g/mol. The van der Waals surface area contributed by atoms with E-state index in [2.05, 4.69) is 11.9 Å². The van der Waals surface area contributed by atoms with Gasteiger partial charge in [-0.25, -0.2) is 0 Å². The van der Waals surface area contributed by atoms with Gasteiger partial charge in [-0.15, -0.1) is 19.0 Å². The number of hydrogen-bond donors (Lipinski definition) is 2. The van der Waals surface area contributed by atoms with Gasteiger partial charge in [0.05, 0.1) is 7.11 Å². The lowest BCUT2D eigenvalue weighted by atomic mass is 10.2. The molecule has 0 fully saturated rings. The van der Waals surface area contributed by atoms with E-state index in [1.807, 2.05) is 12.1 Å². The molecule has 106 valence electrons. The SMILES string of the molecule is C=CCNCc1ccc(OCC(N)=O)c(OC)c1.Cl. The minimum absolute atomic E-state index is 0. The van der Waals surface area contributed by atoms with E-state index < -0.39 is 5.91 Å². The predicted octanol–water partition coefficient (Wildman–Crippen LogP) is 1.26. The summed E-state index contributed by atoms with van der Waals surface area (Å²) >= 11 is 0. The molecule has 1 aromatic rings. The van der Waals surface area contributed by atoms with E-state index in [1.165, 1.54) is 0 Å². The molecule has 0 aliphatic heterocycles. The van der Waals surface area contributed by atoms with Crippen LogP contribution in [0.5, 0.6) is 11.5 Å². The van der Waals surface area contributed by atoms with Crippen molar-refractivity contribution in [2.75, 3.05) is 20.3 Å². The molecule has 0 saturated heterocycles. The van der Waals surface area contributed by atoms with Crippen molar-refractivity contribution in [3.63, 3.8) is 0 Å². The molecule has 0 aromatic heterocycles. The predicted molar refractivity (Wildman–Crippen MR) is 76.8 cm³/mol. The molecule has 0 heterocycles. The van der Waals surface area contributed by atoms with Gasteiger partial charge in [0.2, 0.25) is 0 Å². The summed E-state index contributed by atoms with van der Waals surface area (Å²) in [4.78, 5) is 10.7. The minimum atomic E-state index is -0.520. The molecule has 0 aliphatic carbocycles. The summed E-state index contributed by atoms with van der Waals surface area (Å²) in [6.45, 7) is 4.91. The van der Waals surface area contributed by atoms with E-state index in [9.17, 15) is 4.79 Å². The fourth-order valence-electron chi connectivity index (χ4n) is 1.41. The van der Waals surface area contributed by atoms with Gasteiger partial charge < -0.3 is 20.5 Å². The van der Waals surface area contributed by atoms with Gasteiger partial charge in [-0.2, -0.15) is 0 Å². The molecule has 3 N–H and O–H groups in total. The van der Waals surface area contributed by atoms with E-state index >= 15 is 0 Å². The van der Waals surface area contributed by atoms with Crippen LogP contribution in [0.25, 0.3) is 0 Å². The molecule has 1 rings (SSSR count). The Labute approximate surface area is 119 Å². The van der Waals surface area contributed by atoms with Crippen molar-refractivity contribution in [1.29, 1.82) is 0 Å². The van der Waals surface area contributed by atoms with Crippen LogP contribution in [0.4, 0.5) is 0 Å². The number of benzene rings is 1. The molecule has 6 heteroatoms. The van der Waals surface area contributed by atoms with Crippen molar-refractivity contribution in [3.05, 3.63) is 36.4 Å². The van der Waals surface area contributed by atoms with Crippen LogP contribution < -0.4 is 20.5 Å². The number of ether oxygens (including phenoxy) is 2. The summed E-state index contributed by atoms with van der Waals surface area (Å²) in [6, 6.07) is 5.51. The number of primary amides is 1. The molecule has 19 heavy (non-hydrogen) atoms. The lowest BCUT2D eigenvalue weighted by molar-refractivity contribution is -0.119. The number of halogens is 1. The van der Waals surface area contributed by atoms with E-state index in [0.717, 1.165) is 12.1 Å². The number of rotatable bonds is 8. The van der Waals surface area contributed by atoms with Crippen molar-refractivity contribution in [2.45, 2.75) is 6.54 Å². The topological polar surface area (TPSA) is 73.6 Å². The minimum Gasteiger partial charge on any atom is -0.493 e. The van der Waals surface area contributed by atoms with Crippen molar-refractivity contribution in [2.24, 2.45) is 5.73 Å². The van der Waals surface area contributed by atoms with Gasteiger partial charge >= 0.3 is 0 Å². The second-order valence-corrected chi connectivity index (χ2v) is 3.66. The normalized spacial score (nSPS) is 9.32. The summed E-state index contributed by atoms with van der Waals surface area (Å²) in [5, 5.41) is 3.18. The second kappa shape index (κ2) is 9.24. The number of carbonyl (C=O) groups excluding carboxylic acids is 1. The molecule has 1 amide bonds. The summed E-state index contributed by atoms with van der Waals surface area (Å²) in [6.07, 6.45) is 1.79. The smallest absolute Gasteiger partial charge is 0.255 e. The van der Waals surface area contributed by atoms with E-state index in [-0.39, 0.29) is 19.0 Å². The Morgan fingerprint density at radius 3 is 2.79 bits per heavy atom. The van der Waals surface area contributed by atoms with Crippen molar-refractivity contribution < 1.29 is 14.3 Å². The standard InChI is InChI=1S/C13H18N2O3.ClH/c1-3-6-15-8-10-4-5-11(12(7-10)17-2)18-9-13(14)16;/h3-5,7,15H,1,6,8-9H2,2H3,(H2,14,16);1H. The van der Waals surface area contributed by atoms with E-state index in [0.29, 0.717) is 18.0 Å². The molecule has 1 aromatic carbocycles. The second-order valence-electron chi connectivity index (χ2n) is 3.66. The Hall–Kier alpha value is -1.72. The molecule has 0 aliphatic rings. The van der Waals surface area contributed by atoms with Crippen LogP contribution in [0.15, 0.2) is 30.9 Å². The molecule has 0 bridgehead atoms. The molecular formula is C13H19ClN2O3. The van der Waals surface area contributed by atoms with Gasteiger partial charge in [0.25, 0.3) is 5.91 Å². The third-order valence-corrected chi connectivity index (χ3v) is 2.22. The van der Waals surface area contributed by atoms with Crippen LogP contribution in [-0.2, 0) is 11.3 Å². The highest BCUT2D eigenvalue weighted by Gasteiger charge is 2.06. The highest BCUT2D eigenvalue weighted by molar-refractivity contribution is 5.85. The highest BCUT2D eigenvalue weighted by Crippen LogP contribution is 2.27. The quantitative estimate of drug-likeness (QED) is 0.557. The summed E-state index contributed by atoms with van der Waals surface area (Å²) in [5.74, 6) is 0.562. The van der Waals surface area contributed by atoms with E-state index in [4.69, 9.17) is 15.2 Å². The first-order chi connectivity index (χ1) is 8.67. The maximum atomic E-state index is 10.7. The number of amides is 1. The van der Waals surface area contributed by atoms with Crippen molar-refractivity contribution in [3.8, 4) is 11.5 Å². The molecule has 5 nitrogen and oxygen atoms in total. The zero-order chi connectivity index (χ0) is 13.4. The Balaban J connectivity index is 0.00000324. The lowest BCUT2D eigenvalue weighted by Crippen LogP contribution is -2.20. The summed E-state index contributed by atoms with van der Waals surface area (Å²) < 4.78 is 10.4. The number of carbonyl (C=O) groups is 1. The van der Waals surface area contributed by atoms with Crippen molar-refractivity contribution >= 4 is 18.3 Å². The van der Waals surface area contributed by atoms with Gasteiger partial charge in [0.15, 0.2) is 18.1 Å². The molecule has 0 saturated carbocycles. The van der Waals surface area contributed by atoms with Crippen LogP contribution >= 0.6 is 12.4 Å². The lowest BCUT2D eigenvalue weighted by Gasteiger charge is -2.11. The molecule has 0 unspecified atom stereocenters. The Morgan fingerprint density at radius 2 is 2.21 bits per heavy atom. The Kier molecular flexibility index (Phi) is 8.41.